The maximum atomic E-state index is 10.1. The van der Waals surface area contributed by atoms with E-state index in [1.54, 1.807) is 14.2 Å². The van der Waals surface area contributed by atoms with Gasteiger partial charge in [0.15, 0.2) is 5.82 Å². The van der Waals surface area contributed by atoms with Gasteiger partial charge in [-0.1, -0.05) is 24.3 Å². The summed E-state index contributed by atoms with van der Waals surface area (Å²) in [5.74, 6) is 0.533. The standard InChI is InChI=1S/C12H16N4O2/c1-16-14-12(13-15-16)7-11(17)10-5-3-9(4-6-10)8-18-2/h3-6,11,17H,7-8H2,1-2H3. The highest BCUT2D eigenvalue weighted by atomic mass is 16.5. The summed E-state index contributed by atoms with van der Waals surface area (Å²) in [4.78, 5) is 1.38. The zero-order valence-corrected chi connectivity index (χ0v) is 10.4. The Balaban J connectivity index is 2.02. The number of hydrogen-bond acceptors (Lipinski definition) is 5. The van der Waals surface area contributed by atoms with Crippen molar-refractivity contribution in [3.05, 3.63) is 41.2 Å². The molecule has 6 nitrogen and oxygen atoms in total. The number of aliphatic hydroxyl groups excluding tert-OH is 1. The van der Waals surface area contributed by atoms with Crippen molar-refractivity contribution in [1.29, 1.82) is 0 Å². The van der Waals surface area contributed by atoms with Crippen molar-refractivity contribution in [3.8, 4) is 0 Å². The third kappa shape index (κ3) is 3.12. The molecule has 0 amide bonds. The highest BCUT2D eigenvalue weighted by Crippen LogP contribution is 2.17. The zero-order valence-electron chi connectivity index (χ0n) is 10.4. The van der Waals surface area contributed by atoms with Crippen LogP contribution in [0.2, 0.25) is 0 Å². The maximum Gasteiger partial charge on any atom is 0.177 e. The minimum absolute atomic E-state index is 0.359. The van der Waals surface area contributed by atoms with E-state index in [4.69, 9.17) is 4.74 Å². The lowest BCUT2D eigenvalue weighted by molar-refractivity contribution is 0.175. The fourth-order valence-electron chi connectivity index (χ4n) is 1.70. The number of aliphatic hydroxyl groups is 1. The minimum Gasteiger partial charge on any atom is -0.388 e. The van der Waals surface area contributed by atoms with E-state index in [0.717, 1.165) is 11.1 Å². The SMILES string of the molecule is COCc1ccc(C(O)Cc2nnn(C)n2)cc1. The van der Waals surface area contributed by atoms with Crippen LogP contribution >= 0.6 is 0 Å². The molecule has 1 aromatic heterocycles. The third-order valence-electron chi connectivity index (χ3n) is 2.60. The summed E-state index contributed by atoms with van der Waals surface area (Å²) in [7, 11) is 3.35. The van der Waals surface area contributed by atoms with Gasteiger partial charge in [-0.25, -0.2) is 0 Å². The number of rotatable bonds is 5. The van der Waals surface area contributed by atoms with Gasteiger partial charge in [0, 0.05) is 13.5 Å². The summed E-state index contributed by atoms with van der Waals surface area (Å²) in [6, 6.07) is 7.64. The molecule has 1 atom stereocenters. The van der Waals surface area contributed by atoms with Crippen LogP contribution in [0, 0.1) is 0 Å². The van der Waals surface area contributed by atoms with E-state index in [2.05, 4.69) is 15.4 Å². The molecule has 1 aromatic carbocycles. The second-order valence-electron chi connectivity index (χ2n) is 4.09. The van der Waals surface area contributed by atoms with Crippen LogP contribution in [-0.2, 0) is 24.8 Å². The second-order valence-corrected chi connectivity index (χ2v) is 4.09. The number of methoxy groups -OCH3 is 1. The fraction of sp³-hybridized carbons (Fsp3) is 0.417. The predicted octanol–water partition coefficient (Wildman–Crippen LogP) is 0.633. The number of ether oxygens (including phenoxy) is 1. The number of aromatic nitrogens is 4. The summed E-state index contributed by atoms with van der Waals surface area (Å²) in [5, 5.41) is 21.7. The Labute approximate surface area is 105 Å². The third-order valence-corrected chi connectivity index (χ3v) is 2.60. The van der Waals surface area contributed by atoms with Crippen LogP contribution < -0.4 is 0 Å². The highest BCUT2D eigenvalue weighted by molar-refractivity contribution is 5.24. The van der Waals surface area contributed by atoms with E-state index in [9.17, 15) is 5.11 Å². The first-order valence-corrected chi connectivity index (χ1v) is 5.67. The molecular weight excluding hydrogens is 232 g/mol. The quantitative estimate of drug-likeness (QED) is 0.840. The minimum atomic E-state index is -0.620. The average molecular weight is 248 g/mol. The first-order valence-electron chi connectivity index (χ1n) is 5.67. The van der Waals surface area contributed by atoms with Crippen LogP contribution in [0.4, 0.5) is 0 Å². The van der Waals surface area contributed by atoms with Crippen LogP contribution in [0.3, 0.4) is 0 Å². The molecule has 2 aromatic rings. The summed E-state index contributed by atoms with van der Waals surface area (Å²) >= 11 is 0. The van der Waals surface area contributed by atoms with Gasteiger partial charge in [-0.3, -0.25) is 0 Å². The van der Waals surface area contributed by atoms with E-state index in [1.165, 1.54) is 4.80 Å². The van der Waals surface area contributed by atoms with Gasteiger partial charge < -0.3 is 9.84 Å². The molecule has 0 saturated carbocycles. The van der Waals surface area contributed by atoms with Gasteiger partial charge in [-0.2, -0.15) is 4.80 Å². The van der Waals surface area contributed by atoms with Crippen molar-refractivity contribution >= 4 is 0 Å². The van der Waals surface area contributed by atoms with Gasteiger partial charge in [-0.05, 0) is 16.3 Å². The Hall–Kier alpha value is -1.79. The number of tetrazole rings is 1. The van der Waals surface area contributed by atoms with E-state index in [0.29, 0.717) is 18.9 Å². The van der Waals surface area contributed by atoms with Crippen LogP contribution in [0.15, 0.2) is 24.3 Å². The lowest BCUT2D eigenvalue weighted by Crippen LogP contribution is -2.04. The van der Waals surface area contributed by atoms with Gasteiger partial charge in [0.2, 0.25) is 0 Å². The van der Waals surface area contributed by atoms with Gasteiger partial charge in [0.05, 0.1) is 19.8 Å². The maximum absolute atomic E-state index is 10.1. The van der Waals surface area contributed by atoms with Crippen LogP contribution in [0.25, 0.3) is 0 Å². The molecule has 0 aliphatic rings. The van der Waals surface area contributed by atoms with Crippen LogP contribution in [-0.4, -0.2) is 32.4 Å². The fourth-order valence-corrected chi connectivity index (χ4v) is 1.70. The zero-order chi connectivity index (χ0) is 13.0. The molecule has 18 heavy (non-hydrogen) atoms. The van der Waals surface area contributed by atoms with Crippen molar-refractivity contribution < 1.29 is 9.84 Å². The Morgan fingerprint density at radius 1 is 1.33 bits per heavy atom. The highest BCUT2D eigenvalue weighted by Gasteiger charge is 2.12. The van der Waals surface area contributed by atoms with E-state index in [-0.39, 0.29) is 0 Å². The summed E-state index contributed by atoms with van der Waals surface area (Å²) in [6.45, 7) is 0.572. The van der Waals surface area contributed by atoms with Crippen molar-refractivity contribution in [2.24, 2.45) is 7.05 Å². The van der Waals surface area contributed by atoms with E-state index in [1.807, 2.05) is 24.3 Å². The molecule has 6 heteroatoms. The van der Waals surface area contributed by atoms with Crippen molar-refractivity contribution in [2.75, 3.05) is 7.11 Å². The monoisotopic (exact) mass is 248 g/mol. The Bertz CT molecular complexity index is 495. The van der Waals surface area contributed by atoms with Crippen molar-refractivity contribution in [1.82, 2.24) is 20.2 Å². The lowest BCUT2D eigenvalue weighted by atomic mass is 10.0. The molecule has 1 unspecified atom stereocenters. The lowest BCUT2D eigenvalue weighted by Gasteiger charge is -2.09. The molecule has 1 heterocycles. The average Bonchev–Trinajstić information content (AvgIpc) is 2.76. The summed E-state index contributed by atoms with van der Waals surface area (Å²) < 4.78 is 5.03. The second kappa shape index (κ2) is 5.70. The smallest absolute Gasteiger partial charge is 0.177 e. The number of aryl methyl sites for hydroxylation is 1. The van der Waals surface area contributed by atoms with E-state index >= 15 is 0 Å². The Morgan fingerprint density at radius 3 is 2.61 bits per heavy atom. The topological polar surface area (TPSA) is 73.1 Å². The molecule has 0 bridgehead atoms. The molecule has 0 aliphatic heterocycles. The number of benzene rings is 1. The predicted molar refractivity (Wildman–Crippen MR) is 64.6 cm³/mol. The van der Waals surface area contributed by atoms with Gasteiger partial charge in [0.25, 0.3) is 0 Å². The summed E-state index contributed by atoms with van der Waals surface area (Å²) in [6.07, 6.45) is -0.261. The number of nitrogens with zero attached hydrogens (tertiary/aromatic N) is 4. The Kier molecular flexibility index (Phi) is 4.01. The van der Waals surface area contributed by atoms with Crippen LogP contribution in [0.5, 0.6) is 0 Å². The van der Waals surface area contributed by atoms with Crippen LogP contribution in [0.1, 0.15) is 23.1 Å². The van der Waals surface area contributed by atoms with Gasteiger partial charge in [0.1, 0.15) is 0 Å². The van der Waals surface area contributed by atoms with Gasteiger partial charge in [-0.15, -0.1) is 10.2 Å². The first-order chi connectivity index (χ1) is 8.69. The molecule has 2 rings (SSSR count). The molecule has 0 radical (unpaired) electrons. The molecule has 0 fully saturated rings. The molecular formula is C12H16N4O2. The normalized spacial score (nSPS) is 12.6. The molecule has 0 spiro atoms. The Morgan fingerprint density at radius 2 is 2.06 bits per heavy atom. The van der Waals surface area contributed by atoms with Gasteiger partial charge >= 0.3 is 0 Å². The summed E-state index contributed by atoms with van der Waals surface area (Å²) in [5.41, 5.74) is 1.91. The number of hydrogen-bond donors (Lipinski definition) is 1. The van der Waals surface area contributed by atoms with Crippen molar-refractivity contribution in [2.45, 2.75) is 19.1 Å². The van der Waals surface area contributed by atoms with E-state index < -0.39 is 6.10 Å². The molecule has 1 N–H and O–H groups in total. The molecule has 0 saturated heterocycles. The molecule has 0 aliphatic carbocycles. The largest absolute Gasteiger partial charge is 0.388 e. The van der Waals surface area contributed by atoms with Crippen molar-refractivity contribution in [3.63, 3.8) is 0 Å². The molecule has 96 valence electrons. The first kappa shape index (κ1) is 12.7.